The minimum atomic E-state index is -0.983. The molecule has 0 saturated carbocycles. The van der Waals surface area contributed by atoms with Crippen molar-refractivity contribution in [2.45, 2.75) is 18.9 Å². The van der Waals surface area contributed by atoms with E-state index >= 15 is 0 Å². The Balaban J connectivity index is 2.33. The first kappa shape index (κ1) is 15.5. The number of benzene rings is 2. The first-order chi connectivity index (χ1) is 10.1. The predicted octanol–water partition coefficient (Wildman–Crippen LogP) is 2.92. The van der Waals surface area contributed by atoms with Crippen molar-refractivity contribution in [3.63, 3.8) is 0 Å². The van der Waals surface area contributed by atoms with E-state index in [9.17, 15) is 9.50 Å². The number of aliphatic hydroxyl groups excluding tert-OH is 1. The molecule has 112 valence electrons. The minimum Gasteiger partial charge on any atom is -0.497 e. The van der Waals surface area contributed by atoms with Gasteiger partial charge in [-0.05, 0) is 30.2 Å². The quantitative estimate of drug-likeness (QED) is 0.890. The van der Waals surface area contributed by atoms with Crippen LogP contribution in [0.15, 0.2) is 42.5 Å². The van der Waals surface area contributed by atoms with Crippen LogP contribution in [0.3, 0.4) is 0 Å². The molecule has 2 atom stereocenters. The van der Waals surface area contributed by atoms with Gasteiger partial charge in [-0.2, -0.15) is 0 Å². The van der Waals surface area contributed by atoms with Crippen LogP contribution in [0, 0.1) is 12.7 Å². The largest absolute Gasteiger partial charge is 0.497 e. The molecule has 4 heteroatoms. The number of methoxy groups -OCH3 is 1. The van der Waals surface area contributed by atoms with Crippen LogP contribution in [0.2, 0.25) is 0 Å². The maximum atomic E-state index is 14.2. The highest BCUT2D eigenvalue weighted by atomic mass is 19.1. The van der Waals surface area contributed by atoms with Gasteiger partial charge in [0.25, 0.3) is 0 Å². The molecule has 0 aliphatic carbocycles. The summed E-state index contributed by atoms with van der Waals surface area (Å²) in [6.07, 6.45) is -0.983. The number of rotatable bonds is 5. The second-order valence-corrected chi connectivity index (χ2v) is 5.04. The molecule has 21 heavy (non-hydrogen) atoms. The van der Waals surface area contributed by atoms with Crippen LogP contribution < -0.4 is 10.5 Å². The molecule has 2 rings (SSSR count). The average Bonchev–Trinajstić information content (AvgIpc) is 2.51. The summed E-state index contributed by atoms with van der Waals surface area (Å²) in [4.78, 5) is 0. The lowest BCUT2D eigenvalue weighted by Crippen LogP contribution is -2.21. The van der Waals surface area contributed by atoms with Crippen molar-refractivity contribution >= 4 is 0 Å². The molecule has 0 radical (unpaired) electrons. The molecule has 0 aromatic heterocycles. The summed E-state index contributed by atoms with van der Waals surface area (Å²) in [6, 6.07) is 12.3. The highest BCUT2D eigenvalue weighted by Gasteiger charge is 2.24. The third-order valence-electron chi connectivity index (χ3n) is 3.72. The molecular formula is C17H20FNO2. The van der Waals surface area contributed by atoms with Gasteiger partial charge < -0.3 is 15.6 Å². The molecule has 0 bridgehead atoms. The Morgan fingerprint density at radius 3 is 2.43 bits per heavy atom. The maximum Gasteiger partial charge on any atom is 0.131 e. The Morgan fingerprint density at radius 2 is 1.86 bits per heavy atom. The minimum absolute atomic E-state index is 0.223. The van der Waals surface area contributed by atoms with Gasteiger partial charge in [0.15, 0.2) is 0 Å². The lowest BCUT2D eigenvalue weighted by molar-refractivity contribution is 0.143. The van der Waals surface area contributed by atoms with Crippen molar-refractivity contribution in [1.82, 2.24) is 0 Å². The van der Waals surface area contributed by atoms with Gasteiger partial charge in [0.2, 0.25) is 0 Å². The molecule has 3 N–H and O–H groups in total. The number of aliphatic hydroxyl groups is 1. The number of halogens is 1. The van der Waals surface area contributed by atoms with Crippen LogP contribution in [-0.2, 0) is 0 Å². The van der Waals surface area contributed by atoms with Gasteiger partial charge in [-0.25, -0.2) is 4.39 Å². The van der Waals surface area contributed by atoms with Gasteiger partial charge in [-0.15, -0.1) is 0 Å². The Bertz CT molecular complexity index is 598. The van der Waals surface area contributed by atoms with Crippen LogP contribution in [0.4, 0.5) is 4.39 Å². The van der Waals surface area contributed by atoms with Crippen LogP contribution in [0.25, 0.3) is 0 Å². The Kier molecular flexibility index (Phi) is 4.94. The molecule has 0 amide bonds. The standard InChI is InChI=1S/C17H20FNO2/c1-11-4-3-5-14(16(11)18)17(20)15(10-19)12-6-8-13(21-2)9-7-12/h3-9,15,17,20H,10,19H2,1-2H3. The molecule has 0 aliphatic rings. The smallest absolute Gasteiger partial charge is 0.131 e. The van der Waals surface area contributed by atoms with Gasteiger partial charge in [0, 0.05) is 18.0 Å². The fourth-order valence-electron chi connectivity index (χ4n) is 2.41. The Hall–Kier alpha value is -1.91. The molecule has 2 aromatic rings. The Morgan fingerprint density at radius 1 is 1.19 bits per heavy atom. The SMILES string of the molecule is COc1ccc(C(CN)C(O)c2cccc(C)c2F)cc1. The van der Waals surface area contributed by atoms with Gasteiger partial charge in [-0.3, -0.25) is 0 Å². The predicted molar refractivity (Wildman–Crippen MR) is 80.9 cm³/mol. The summed E-state index contributed by atoms with van der Waals surface area (Å²) in [5.74, 6) is -0.0186. The number of ether oxygens (including phenoxy) is 1. The lowest BCUT2D eigenvalue weighted by atomic mass is 9.88. The zero-order valence-corrected chi connectivity index (χ0v) is 12.2. The van der Waals surface area contributed by atoms with E-state index in [0.717, 1.165) is 11.3 Å². The van der Waals surface area contributed by atoms with E-state index in [1.807, 2.05) is 12.1 Å². The summed E-state index contributed by atoms with van der Waals surface area (Å²) in [5, 5.41) is 10.5. The number of hydrogen-bond acceptors (Lipinski definition) is 3. The van der Waals surface area contributed by atoms with Crippen LogP contribution in [-0.4, -0.2) is 18.8 Å². The summed E-state index contributed by atoms with van der Waals surface area (Å²) >= 11 is 0. The zero-order chi connectivity index (χ0) is 15.4. The summed E-state index contributed by atoms with van der Waals surface area (Å²) in [6.45, 7) is 1.90. The molecule has 2 unspecified atom stereocenters. The van der Waals surface area contributed by atoms with Gasteiger partial charge in [0.05, 0.1) is 13.2 Å². The normalized spacial score (nSPS) is 13.8. The first-order valence-electron chi connectivity index (χ1n) is 6.85. The molecule has 0 saturated heterocycles. The number of aryl methyl sites for hydroxylation is 1. The molecule has 2 aromatic carbocycles. The van der Waals surface area contributed by atoms with E-state index < -0.39 is 6.10 Å². The van der Waals surface area contributed by atoms with Crippen molar-refractivity contribution < 1.29 is 14.2 Å². The zero-order valence-electron chi connectivity index (χ0n) is 12.2. The van der Waals surface area contributed by atoms with Crippen molar-refractivity contribution in [1.29, 1.82) is 0 Å². The summed E-state index contributed by atoms with van der Waals surface area (Å²) < 4.78 is 19.3. The second-order valence-electron chi connectivity index (χ2n) is 5.04. The van der Waals surface area contributed by atoms with Crippen LogP contribution in [0.5, 0.6) is 5.75 Å². The highest BCUT2D eigenvalue weighted by Crippen LogP contribution is 2.33. The third kappa shape index (κ3) is 3.23. The molecule has 3 nitrogen and oxygen atoms in total. The highest BCUT2D eigenvalue weighted by molar-refractivity contribution is 5.34. The van der Waals surface area contributed by atoms with E-state index in [0.29, 0.717) is 5.56 Å². The topological polar surface area (TPSA) is 55.5 Å². The van der Waals surface area contributed by atoms with E-state index in [1.165, 1.54) is 0 Å². The van der Waals surface area contributed by atoms with Crippen molar-refractivity contribution in [3.8, 4) is 5.75 Å². The third-order valence-corrected chi connectivity index (χ3v) is 3.72. The van der Waals surface area contributed by atoms with Crippen molar-refractivity contribution in [3.05, 3.63) is 65.0 Å². The van der Waals surface area contributed by atoms with E-state index in [2.05, 4.69) is 0 Å². The van der Waals surface area contributed by atoms with Crippen molar-refractivity contribution in [2.24, 2.45) is 5.73 Å². The lowest BCUT2D eigenvalue weighted by Gasteiger charge is -2.23. The average molecular weight is 289 g/mol. The summed E-state index contributed by atoms with van der Waals surface area (Å²) in [7, 11) is 1.59. The van der Waals surface area contributed by atoms with E-state index in [1.54, 1.807) is 44.4 Å². The molecule has 0 fully saturated rings. The monoisotopic (exact) mass is 289 g/mol. The fraction of sp³-hybridized carbons (Fsp3) is 0.294. The number of nitrogens with two attached hydrogens (primary N) is 1. The second kappa shape index (κ2) is 6.70. The van der Waals surface area contributed by atoms with Crippen LogP contribution in [0.1, 0.15) is 28.7 Å². The van der Waals surface area contributed by atoms with Gasteiger partial charge in [0.1, 0.15) is 11.6 Å². The van der Waals surface area contributed by atoms with Gasteiger partial charge >= 0.3 is 0 Å². The first-order valence-corrected chi connectivity index (χ1v) is 6.85. The molecular weight excluding hydrogens is 269 g/mol. The molecule has 0 heterocycles. The molecule has 0 spiro atoms. The molecule has 0 aliphatic heterocycles. The Labute approximate surface area is 124 Å². The maximum absolute atomic E-state index is 14.2. The van der Waals surface area contributed by atoms with Crippen LogP contribution >= 0.6 is 0 Å². The van der Waals surface area contributed by atoms with Crippen molar-refractivity contribution in [2.75, 3.05) is 13.7 Å². The van der Waals surface area contributed by atoms with E-state index in [-0.39, 0.29) is 23.8 Å². The van der Waals surface area contributed by atoms with E-state index in [4.69, 9.17) is 10.5 Å². The number of hydrogen-bond donors (Lipinski definition) is 2. The summed E-state index contributed by atoms with van der Waals surface area (Å²) in [5.41, 5.74) is 7.43. The fourth-order valence-corrected chi connectivity index (χ4v) is 2.41. The van der Waals surface area contributed by atoms with Gasteiger partial charge in [-0.1, -0.05) is 30.3 Å².